The maximum absolute atomic E-state index is 8.87. The van der Waals surface area contributed by atoms with Gasteiger partial charge in [-0.25, -0.2) is 9.97 Å². The van der Waals surface area contributed by atoms with Gasteiger partial charge in [0.2, 0.25) is 0 Å². The predicted octanol–water partition coefficient (Wildman–Crippen LogP) is 2.28. The van der Waals surface area contributed by atoms with Crippen molar-refractivity contribution in [2.45, 2.75) is 0 Å². The van der Waals surface area contributed by atoms with Crippen molar-refractivity contribution in [1.29, 1.82) is 10.5 Å². The summed E-state index contributed by atoms with van der Waals surface area (Å²) >= 11 is 0. The molecule has 0 spiro atoms. The molecule has 0 atom stereocenters. The van der Waals surface area contributed by atoms with Crippen molar-refractivity contribution in [3.8, 4) is 34.9 Å². The number of H-pyrrole nitrogens is 1. The fraction of sp³-hybridized carbons (Fsp3) is 0. The van der Waals surface area contributed by atoms with Crippen molar-refractivity contribution >= 4 is 0 Å². The van der Waals surface area contributed by atoms with E-state index in [2.05, 4.69) is 20.2 Å². The molecule has 0 aliphatic heterocycles. The quantitative estimate of drug-likeness (QED) is 0.770. The summed E-state index contributed by atoms with van der Waals surface area (Å²) in [6.07, 6.45) is 0. The van der Waals surface area contributed by atoms with Crippen LogP contribution in [0.2, 0.25) is 0 Å². The van der Waals surface area contributed by atoms with Crippen LogP contribution < -0.4 is 0 Å². The molecule has 3 aromatic rings. The molecule has 3 rings (SSSR count). The smallest absolute Gasteiger partial charge is 0.141 e. The molecule has 3 aromatic heterocycles. The lowest BCUT2D eigenvalue weighted by atomic mass is 10.2. The number of pyridine rings is 2. The summed E-state index contributed by atoms with van der Waals surface area (Å²) in [6, 6.07) is 16.1. The third-order valence-electron chi connectivity index (χ3n) is 2.84. The molecule has 0 saturated heterocycles. The third-order valence-corrected chi connectivity index (χ3v) is 2.84. The van der Waals surface area contributed by atoms with Crippen LogP contribution in [0.3, 0.4) is 0 Å². The second-order valence-electron chi connectivity index (χ2n) is 4.21. The predicted molar refractivity (Wildman–Crippen MR) is 74.5 cm³/mol. The van der Waals surface area contributed by atoms with E-state index in [4.69, 9.17) is 10.5 Å². The highest BCUT2D eigenvalue weighted by Crippen LogP contribution is 2.21. The van der Waals surface area contributed by atoms with E-state index in [1.807, 2.05) is 12.1 Å². The molecule has 6 nitrogen and oxygen atoms in total. The van der Waals surface area contributed by atoms with E-state index in [9.17, 15) is 0 Å². The number of rotatable bonds is 2. The molecule has 0 amide bonds. The van der Waals surface area contributed by atoms with Crippen LogP contribution in [0.5, 0.6) is 0 Å². The first-order valence-corrected chi connectivity index (χ1v) is 6.10. The average molecular weight is 272 g/mol. The van der Waals surface area contributed by atoms with Crippen LogP contribution in [-0.4, -0.2) is 20.2 Å². The number of hydrogen-bond donors (Lipinski definition) is 1. The molecule has 0 aromatic carbocycles. The van der Waals surface area contributed by atoms with E-state index in [0.717, 1.165) is 0 Å². The second-order valence-corrected chi connectivity index (χ2v) is 4.21. The Morgan fingerprint density at radius 1 is 0.810 bits per heavy atom. The largest absolute Gasteiger partial charge is 0.276 e. The molecule has 0 aliphatic carbocycles. The fourth-order valence-corrected chi connectivity index (χ4v) is 1.87. The third kappa shape index (κ3) is 2.46. The lowest BCUT2D eigenvalue weighted by molar-refractivity contribution is 1.08. The molecule has 21 heavy (non-hydrogen) atoms. The number of aromatic amines is 1. The van der Waals surface area contributed by atoms with Gasteiger partial charge in [-0.05, 0) is 30.3 Å². The highest BCUT2D eigenvalue weighted by atomic mass is 15.1. The zero-order chi connectivity index (χ0) is 14.7. The van der Waals surface area contributed by atoms with E-state index in [-0.39, 0.29) is 0 Å². The van der Waals surface area contributed by atoms with Crippen molar-refractivity contribution < 1.29 is 0 Å². The number of hydrogen-bond acceptors (Lipinski definition) is 5. The Morgan fingerprint density at radius 2 is 1.43 bits per heavy atom. The van der Waals surface area contributed by atoms with Crippen LogP contribution in [0, 0.1) is 22.7 Å². The summed E-state index contributed by atoms with van der Waals surface area (Å²) in [4.78, 5) is 8.38. The Morgan fingerprint density at radius 3 is 2.10 bits per heavy atom. The van der Waals surface area contributed by atoms with E-state index in [1.165, 1.54) is 0 Å². The van der Waals surface area contributed by atoms with Crippen molar-refractivity contribution in [3.05, 3.63) is 53.9 Å². The van der Waals surface area contributed by atoms with Gasteiger partial charge in [0.15, 0.2) is 0 Å². The van der Waals surface area contributed by atoms with Gasteiger partial charge in [-0.1, -0.05) is 12.1 Å². The maximum atomic E-state index is 8.87. The Labute approximate surface area is 120 Å². The fourth-order valence-electron chi connectivity index (χ4n) is 1.87. The highest BCUT2D eigenvalue weighted by molar-refractivity contribution is 5.64. The topological polar surface area (TPSA) is 102 Å². The van der Waals surface area contributed by atoms with Crippen LogP contribution in [-0.2, 0) is 0 Å². The Bertz CT molecular complexity index is 809. The van der Waals surface area contributed by atoms with Gasteiger partial charge in [-0.3, -0.25) is 5.10 Å². The number of nitrogens with zero attached hydrogens (tertiary/aromatic N) is 5. The first-order chi connectivity index (χ1) is 10.3. The minimum absolute atomic E-state index is 0.335. The Hall–Kier alpha value is -3.51. The van der Waals surface area contributed by atoms with Crippen molar-refractivity contribution in [2.75, 3.05) is 0 Å². The molecule has 0 saturated carbocycles. The SMILES string of the molecule is N#Cc1cccc(-c2cc(-c3cccc(C#N)n3)[nH]n2)n1. The van der Waals surface area contributed by atoms with Crippen LogP contribution in [0.4, 0.5) is 0 Å². The van der Waals surface area contributed by atoms with E-state index >= 15 is 0 Å². The minimum atomic E-state index is 0.335. The summed E-state index contributed by atoms with van der Waals surface area (Å²) in [5, 5.41) is 24.8. The van der Waals surface area contributed by atoms with Gasteiger partial charge in [0, 0.05) is 0 Å². The van der Waals surface area contributed by atoms with Gasteiger partial charge in [0.1, 0.15) is 29.2 Å². The molecular formula is C15H8N6. The van der Waals surface area contributed by atoms with Gasteiger partial charge in [-0.15, -0.1) is 0 Å². The molecular weight excluding hydrogens is 264 g/mol. The minimum Gasteiger partial charge on any atom is -0.276 e. The molecule has 3 heterocycles. The number of nitriles is 2. The Balaban J connectivity index is 2.00. The second kappa shape index (κ2) is 5.24. The molecule has 0 aliphatic rings. The van der Waals surface area contributed by atoms with Crippen molar-refractivity contribution in [3.63, 3.8) is 0 Å². The number of aromatic nitrogens is 4. The van der Waals surface area contributed by atoms with Gasteiger partial charge in [0.05, 0.1) is 17.1 Å². The number of nitrogens with one attached hydrogen (secondary N) is 1. The maximum Gasteiger partial charge on any atom is 0.141 e. The van der Waals surface area contributed by atoms with Gasteiger partial charge in [0.25, 0.3) is 0 Å². The molecule has 0 fully saturated rings. The van der Waals surface area contributed by atoms with Crippen molar-refractivity contribution in [1.82, 2.24) is 20.2 Å². The van der Waals surface area contributed by atoms with Crippen molar-refractivity contribution in [2.24, 2.45) is 0 Å². The molecule has 0 unspecified atom stereocenters. The summed E-state index contributed by atoms with van der Waals surface area (Å²) < 4.78 is 0. The average Bonchev–Trinajstić information content (AvgIpc) is 3.05. The van der Waals surface area contributed by atoms with Crippen LogP contribution in [0.1, 0.15) is 11.4 Å². The van der Waals surface area contributed by atoms with E-state index < -0.39 is 0 Å². The summed E-state index contributed by atoms with van der Waals surface area (Å²) in [6.45, 7) is 0. The first-order valence-electron chi connectivity index (χ1n) is 6.10. The normalized spacial score (nSPS) is 9.81. The molecule has 98 valence electrons. The Kier molecular flexibility index (Phi) is 3.12. The summed E-state index contributed by atoms with van der Waals surface area (Å²) in [7, 11) is 0. The van der Waals surface area contributed by atoms with Crippen LogP contribution in [0.15, 0.2) is 42.5 Å². The highest BCUT2D eigenvalue weighted by Gasteiger charge is 2.09. The zero-order valence-electron chi connectivity index (χ0n) is 10.8. The lowest BCUT2D eigenvalue weighted by Gasteiger charge is -1.96. The lowest BCUT2D eigenvalue weighted by Crippen LogP contribution is -1.86. The summed E-state index contributed by atoms with van der Waals surface area (Å²) in [5.74, 6) is 0. The van der Waals surface area contributed by atoms with Gasteiger partial charge in [-0.2, -0.15) is 15.6 Å². The summed E-state index contributed by atoms with van der Waals surface area (Å²) in [5.41, 5.74) is 3.21. The molecule has 1 N–H and O–H groups in total. The van der Waals surface area contributed by atoms with Gasteiger partial charge < -0.3 is 0 Å². The van der Waals surface area contributed by atoms with E-state index in [0.29, 0.717) is 34.2 Å². The van der Waals surface area contributed by atoms with E-state index in [1.54, 1.807) is 42.5 Å². The first kappa shape index (κ1) is 12.5. The standard InChI is InChI=1S/C15H8N6/c16-8-10-3-1-5-12(18-10)14-7-15(21-20-14)13-6-2-4-11(9-17)19-13/h1-7H,(H,20,21). The van der Waals surface area contributed by atoms with Crippen LogP contribution >= 0.6 is 0 Å². The molecule has 0 radical (unpaired) electrons. The molecule has 6 heteroatoms. The molecule has 0 bridgehead atoms. The van der Waals surface area contributed by atoms with Crippen LogP contribution in [0.25, 0.3) is 22.8 Å². The van der Waals surface area contributed by atoms with Gasteiger partial charge >= 0.3 is 0 Å². The zero-order valence-corrected chi connectivity index (χ0v) is 10.8. The monoisotopic (exact) mass is 272 g/mol.